The van der Waals surface area contributed by atoms with Crippen LogP contribution in [-0.4, -0.2) is 16.2 Å². The van der Waals surface area contributed by atoms with E-state index in [2.05, 4.69) is 19.1 Å². The van der Waals surface area contributed by atoms with Gasteiger partial charge in [0, 0.05) is 17.5 Å². The number of phenols is 2. The average molecular weight is 531 g/mol. The summed E-state index contributed by atoms with van der Waals surface area (Å²) in [5.74, 6) is 0.190. The first-order valence-electron chi connectivity index (χ1n) is 14.9. The van der Waals surface area contributed by atoms with Crippen LogP contribution in [0.2, 0.25) is 0 Å². The molecule has 0 saturated carbocycles. The number of unbranched alkanes of at least 4 members (excludes halogenated alkanes) is 11. The van der Waals surface area contributed by atoms with Gasteiger partial charge in [0.1, 0.15) is 17.2 Å². The molecule has 0 aliphatic rings. The smallest absolute Gasteiger partial charge is 0.311 e. The van der Waals surface area contributed by atoms with E-state index in [-0.39, 0.29) is 17.5 Å². The summed E-state index contributed by atoms with van der Waals surface area (Å²) in [4.78, 5) is 12.7. The summed E-state index contributed by atoms with van der Waals surface area (Å²) in [6.45, 7) is 4.27. The SMILES string of the molecule is CCCCCCC=CCCCCCCCCCC(=O)Oc1ccc2c(C)cccc2c1-c1cc(O)ccc1O. The van der Waals surface area contributed by atoms with Gasteiger partial charge in [0.2, 0.25) is 0 Å². The first-order chi connectivity index (χ1) is 19.0. The topological polar surface area (TPSA) is 66.8 Å². The van der Waals surface area contributed by atoms with E-state index in [0.717, 1.165) is 35.6 Å². The number of fused-ring (bicyclic) bond motifs is 1. The van der Waals surface area contributed by atoms with Gasteiger partial charge in [-0.1, -0.05) is 94.7 Å². The third kappa shape index (κ3) is 9.76. The van der Waals surface area contributed by atoms with Gasteiger partial charge in [-0.2, -0.15) is 0 Å². The van der Waals surface area contributed by atoms with Gasteiger partial charge >= 0.3 is 5.97 Å². The van der Waals surface area contributed by atoms with Crippen LogP contribution < -0.4 is 4.74 Å². The molecule has 0 atom stereocenters. The normalized spacial score (nSPS) is 11.4. The highest BCUT2D eigenvalue weighted by Crippen LogP contribution is 2.43. The molecule has 39 heavy (non-hydrogen) atoms. The first-order valence-corrected chi connectivity index (χ1v) is 14.9. The lowest BCUT2D eigenvalue weighted by molar-refractivity contribution is -0.134. The highest BCUT2D eigenvalue weighted by atomic mass is 16.5. The number of allylic oxidation sites excluding steroid dienone is 2. The van der Waals surface area contributed by atoms with Gasteiger partial charge in [0.05, 0.1) is 0 Å². The fourth-order valence-corrected chi connectivity index (χ4v) is 5.10. The van der Waals surface area contributed by atoms with Crippen LogP contribution in [0.25, 0.3) is 21.9 Å². The summed E-state index contributed by atoms with van der Waals surface area (Å²) in [5.41, 5.74) is 2.14. The van der Waals surface area contributed by atoms with Gasteiger partial charge < -0.3 is 14.9 Å². The molecular formula is C35H46O4. The fraction of sp³-hybridized carbons (Fsp3) is 0.457. The monoisotopic (exact) mass is 530 g/mol. The number of esters is 1. The second kappa shape index (κ2) is 16.6. The summed E-state index contributed by atoms with van der Waals surface area (Å²) in [6.07, 6.45) is 20.8. The van der Waals surface area contributed by atoms with Crippen molar-refractivity contribution in [3.05, 3.63) is 66.2 Å². The minimum Gasteiger partial charge on any atom is -0.508 e. The highest BCUT2D eigenvalue weighted by Gasteiger charge is 2.18. The summed E-state index contributed by atoms with van der Waals surface area (Å²) in [7, 11) is 0. The molecular weight excluding hydrogens is 484 g/mol. The van der Waals surface area contributed by atoms with Crippen molar-refractivity contribution in [2.24, 2.45) is 0 Å². The van der Waals surface area contributed by atoms with E-state index >= 15 is 0 Å². The highest BCUT2D eigenvalue weighted by molar-refractivity contribution is 6.03. The molecule has 0 heterocycles. The Morgan fingerprint density at radius 3 is 2.15 bits per heavy atom. The Balaban J connectivity index is 1.43. The van der Waals surface area contributed by atoms with Crippen molar-refractivity contribution in [3.63, 3.8) is 0 Å². The molecule has 0 unspecified atom stereocenters. The Bertz CT molecular complexity index is 1210. The lowest BCUT2D eigenvalue weighted by Crippen LogP contribution is -2.08. The molecule has 0 aliphatic heterocycles. The maximum atomic E-state index is 12.7. The van der Waals surface area contributed by atoms with E-state index in [4.69, 9.17) is 4.74 Å². The quantitative estimate of drug-likeness (QED) is 0.0599. The second-order valence-electron chi connectivity index (χ2n) is 10.6. The molecule has 0 aliphatic carbocycles. The average Bonchev–Trinajstić information content (AvgIpc) is 2.92. The summed E-state index contributed by atoms with van der Waals surface area (Å²) < 4.78 is 5.82. The third-order valence-corrected chi connectivity index (χ3v) is 7.36. The molecule has 3 aromatic carbocycles. The largest absolute Gasteiger partial charge is 0.508 e. The molecule has 2 N–H and O–H groups in total. The summed E-state index contributed by atoms with van der Waals surface area (Å²) >= 11 is 0. The molecule has 0 radical (unpaired) electrons. The molecule has 0 saturated heterocycles. The number of hydrogen-bond donors (Lipinski definition) is 2. The molecule has 210 valence electrons. The van der Waals surface area contributed by atoms with Crippen molar-refractivity contribution in [1.82, 2.24) is 0 Å². The van der Waals surface area contributed by atoms with Crippen molar-refractivity contribution in [1.29, 1.82) is 0 Å². The van der Waals surface area contributed by atoms with Crippen molar-refractivity contribution < 1.29 is 19.7 Å². The van der Waals surface area contributed by atoms with E-state index in [1.165, 1.54) is 82.4 Å². The molecule has 3 aromatic rings. The van der Waals surface area contributed by atoms with Crippen molar-refractivity contribution in [3.8, 4) is 28.4 Å². The van der Waals surface area contributed by atoms with Crippen LogP contribution in [0.15, 0.2) is 60.7 Å². The number of ether oxygens (including phenoxy) is 1. The minimum atomic E-state index is -0.274. The van der Waals surface area contributed by atoms with E-state index in [1.807, 2.05) is 31.2 Å². The number of aryl methyl sites for hydroxylation is 1. The van der Waals surface area contributed by atoms with Crippen LogP contribution in [0.4, 0.5) is 0 Å². The van der Waals surface area contributed by atoms with Gasteiger partial charge in [0.25, 0.3) is 0 Å². The van der Waals surface area contributed by atoms with Crippen LogP contribution in [-0.2, 0) is 4.79 Å². The molecule has 4 nitrogen and oxygen atoms in total. The van der Waals surface area contributed by atoms with Gasteiger partial charge in [-0.25, -0.2) is 0 Å². The van der Waals surface area contributed by atoms with Gasteiger partial charge in [-0.15, -0.1) is 0 Å². The molecule has 4 heteroatoms. The zero-order chi connectivity index (χ0) is 27.9. The van der Waals surface area contributed by atoms with Crippen molar-refractivity contribution >= 4 is 16.7 Å². The van der Waals surface area contributed by atoms with Crippen LogP contribution in [0.3, 0.4) is 0 Å². The predicted octanol–water partition coefficient (Wildman–Crippen LogP) is 10.2. The van der Waals surface area contributed by atoms with Crippen LogP contribution in [0.1, 0.15) is 102 Å². The lowest BCUT2D eigenvalue weighted by atomic mass is 9.94. The van der Waals surface area contributed by atoms with Crippen molar-refractivity contribution in [2.75, 3.05) is 0 Å². The predicted molar refractivity (Wildman–Crippen MR) is 163 cm³/mol. The number of carbonyl (C=O) groups is 1. The number of hydrogen-bond acceptors (Lipinski definition) is 4. The van der Waals surface area contributed by atoms with Crippen molar-refractivity contribution in [2.45, 2.75) is 104 Å². The molecule has 0 fully saturated rings. The molecule has 0 amide bonds. The Kier molecular flexibility index (Phi) is 12.9. The first kappa shape index (κ1) is 30.3. The van der Waals surface area contributed by atoms with Gasteiger partial charge in [-0.3, -0.25) is 4.79 Å². The van der Waals surface area contributed by atoms with E-state index < -0.39 is 0 Å². The molecule has 0 spiro atoms. The summed E-state index contributed by atoms with van der Waals surface area (Å²) in [5, 5.41) is 22.5. The Labute approximate surface area is 234 Å². The zero-order valence-electron chi connectivity index (χ0n) is 23.9. The van der Waals surface area contributed by atoms with Crippen LogP contribution in [0, 0.1) is 6.92 Å². The Hall–Kier alpha value is -3.27. The number of rotatable bonds is 17. The minimum absolute atomic E-state index is 0.0255. The standard InChI is InChI=1S/C35H46O4/c1-3-4-5-6-7-8-9-10-11-12-13-14-15-16-17-21-34(38)39-33-25-23-29-27(2)19-18-20-30(29)35(33)31-26-28(36)22-24-32(31)37/h8-9,18-20,22-26,36-37H,3-7,10-17,21H2,1-2H3. The maximum Gasteiger partial charge on any atom is 0.311 e. The van der Waals surface area contributed by atoms with Gasteiger partial charge in [0.15, 0.2) is 0 Å². The molecule has 3 rings (SSSR count). The van der Waals surface area contributed by atoms with Gasteiger partial charge in [-0.05, 0) is 79.6 Å². The third-order valence-electron chi connectivity index (χ3n) is 7.36. The fourth-order valence-electron chi connectivity index (χ4n) is 5.10. The number of benzene rings is 3. The van der Waals surface area contributed by atoms with Crippen LogP contribution >= 0.6 is 0 Å². The Morgan fingerprint density at radius 2 is 1.44 bits per heavy atom. The Morgan fingerprint density at radius 1 is 0.769 bits per heavy atom. The van der Waals surface area contributed by atoms with E-state index in [1.54, 1.807) is 6.07 Å². The van der Waals surface area contributed by atoms with E-state index in [9.17, 15) is 15.0 Å². The number of carbonyl (C=O) groups excluding carboxylic acids is 1. The number of aromatic hydroxyl groups is 2. The van der Waals surface area contributed by atoms with E-state index in [0.29, 0.717) is 23.3 Å². The zero-order valence-corrected chi connectivity index (χ0v) is 23.9. The number of phenolic OH excluding ortho intramolecular Hbond substituents is 2. The van der Waals surface area contributed by atoms with Crippen LogP contribution in [0.5, 0.6) is 17.2 Å². The lowest BCUT2D eigenvalue weighted by Gasteiger charge is -2.16. The maximum absolute atomic E-state index is 12.7. The second-order valence-corrected chi connectivity index (χ2v) is 10.6. The molecule has 0 bridgehead atoms. The summed E-state index contributed by atoms with van der Waals surface area (Å²) in [6, 6.07) is 14.0. The molecule has 0 aromatic heterocycles.